The minimum absolute atomic E-state index is 0. The summed E-state index contributed by atoms with van der Waals surface area (Å²) < 4.78 is 5.29. The van der Waals surface area contributed by atoms with Crippen molar-refractivity contribution in [3.05, 3.63) is 0 Å². The molecule has 0 aromatic rings. The second-order valence-corrected chi connectivity index (χ2v) is 5.54. The van der Waals surface area contributed by atoms with Crippen molar-refractivity contribution in [2.45, 2.75) is 44.2 Å². The van der Waals surface area contributed by atoms with E-state index in [1.807, 2.05) is 4.90 Å². The van der Waals surface area contributed by atoms with Gasteiger partial charge in [-0.1, -0.05) is 12.8 Å². The maximum atomic E-state index is 12.4. The van der Waals surface area contributed by atoms with Crippen LogP contribution in [0.15, 0.2) is 0 Å². The van der Waals surface area contributed by atoms with E-state index in [0.29, 0.717) is 25.2 Å². The number of ether oxygens (including phenoxy) is 1. The molecule has 3 rings (SSSR count). The molecular formula is C13H23ClN2O2. The van der Waals surface area contributed by atoms with Crippen molar-refractivity contribution < 1.29 is 9.53 Å². The Morgan fingerprint density at radius 1 is 1.17 bits per heavy atom. The Morgan fingerprint density at radius 3 is 2.61 bits per heavy atom. The summed E-state index contributed by atoms with van der Waals surface area (Å²) in [4.78, 5) is 14.3. The molecule has 1 N–H and O–H groups in total. The molecule has 1 amide bonds. The summed E-state index contributed by atoms with van der Waals surface area (Å²) >= 11 is 0. The van der Waals surface area contributed by atoms with Gasteiger partial charge in [0.25, 0.3) is 0 Å². The molecule has 1 aliphatic carbocycles. The number of carbonyl (C=O) groups is 1. The predicted molar refractivity (Wildman–Crippen MR) is 71.9 cm³/mol. The molecule has 0 spiro atoms. The predicted octanol–water partition coefficient (Wildman–Crippen LogP) is 1.19. The Hall–Kier alpha value is -0.320. The van der Waals surface area contributed by atoms with Crippen molar-refractivity contribution in [3.8, 4) is 0 Å². The van der Waals surface area contributed by atoms with Gasteiger partial charge in [-0.15, -0.1) is 12.4 Å². The fourth-order valence-corrected chi connectivity index (χ4v) is 3.51. The molecule has 3 fully saturated rings. The normalized spacial score (nSPS) is 35.8. The third-order valence-corrected chi connectivity index (χ3v) is 4.48. The summed E-state index contributed by atoms with van der Waals surface area (Å²) in [5.74, 6) is 1.06. The van der Waals surface area contributed by atoms with Crippen LogP contribution >= 0.6 is 12.4 Å². The summed E-state index contributed by atoms with van der Waals surface area (Å²) in [6, 6.07) is 0.694. The SMILES string of the molecule is Cl.O=C(C1CC2CCCCC2N1)N1CCOCC1. The molecule has 0 bridgehead atoms. The molecule has 3 aliphatic rings. The van der Waals surface area contributed by atoms with Crippen molar-refractivity contribution in [1.82, 2.24) is 10.2 Å². The molecule has 2 saturated heterocycles. The second kappa shape index (κ2) is 6.22. The molecule has 0 aromatic carbocycles. The van der Waals surface area contributed by atoms with E-state index in [1.165, 1.54) is 25.7 Å². The lowest BCUT2D eigenvalue weighted by Gasteiger charge is -2.29. The number of amides is 1. The van der Waals surface area contributed by atoms with Crippen LogP contribution < -0.4 is 5.32 Å². The van der Waals surface area contributed by atoms with Crippen LogP contribution in [0.3, 0.4) is 0 Å². The Balaban J connectivity index is 0.00000120. The maximum absolute atomic E-state index is 12.4. The molecule has 5 heteroatoms. The van der Waals surface area contributed by atoms with Crippen LogP contribution in [0.5, 0.6) is 0 Å². The molecule has 104 valence electrons. The first-order valence-corrected chi connectivity index (χ1v) is 6.97. The van der Waals surface area contributed by atoms with Gasteiger partial charge in [0.15, 0.2) is 0 Å². The summed E-state index contributed by atoms with van der Waals surface area (Å²) in [5.41, 5.74) is 0. The molecule has 3 unspecified atom stereocenters. The summed E-state index contributed by atoms with van der Waals surface area (Å²) in [7, 11) is 0. The first-order valence-electron chi connectivity index (χ1n) is 6.97. The van der Waals surface area contributed by atoms with Gasteiger partial charge in [0.1, 0.15) is 0 Å². The number of fused-ring (bicyclic) bond motifs is 1. The number of nitrogens with one attached hydrogen (secondary N) is 1. The molecular weight excluding hydrogens is 252 g/mol. The monoisotopic (exact) mass is 274 g/mol. The first kappa shape index (κ1) is 14.1. The molecule has 2 aliphatic heterocycles. The molecule has 2 heterocycles. The third kappa shape index (κ3) is 2.81. The molecule has 0 radical (unpaired) electrons. The molecule has 3 atom stereocenters. The number of morpholine rings is 1. The summed E-state index contributed by atoms with van der Waals surface area (Å²) in [5, 5.41) is 3.56. The van der Waals surface area contributed by atoms with Crippen molar-refractivity contribution in [2.75, 3.05) is 26.3 Å². The fraction of sp³-hybridized carbons (Fsp3) is 0.923. The van der Waals surface area contributed by atoms with Crippen molar-refractivity contribution in [3.63, 3.8) is 0 Å². The standard InChI is InChI=1S/C13H22N2O2.ClH/c16-13(15-5-7-17-8-6-15)12-9-10-3-1-2-4-11(10)14-12;/h10-12,14H,1-9H2;1H. The molecule has 1 saturated carbocycles. The van der Waals surface area contributed by atoms with Crippen LogP contribution in [0.4, 0.5) is 0 Å². The highest BCUT2D eigenvalue weighted by atomic mass is 35.5. The minimum Gasteiger partial charge on any atom is -0.378 e. The number of hydrogen-bond donors (Lipinski definition) is 1. The smallest absolute Gasteiger partial charge is 0.239 e. The van der Waals surface area contributed by atoms with Crippen LogP contribution in [0.25, 0.3) is 0 Å². The van der Waals surface area contributed by atoms with Gasteiger partial charge in [0.05, 0.1) is 19.3 Å². The van der Waals surface area contributed by atoms with E-state index in [-0.39, 0.29) is 18.4 Å². The number of nitrogens with zero attached hydrogens (tertiary/aromatic N) is 1. The quantitative estimate of drug-likeness (QED) is 0.781. The van der Waals surface area contributed by atoms with E-state index >= 15 is 0 Å². The summed E-state index contributed by atoms with van der Waals surface area (Å²) in [6.07, 6.45) is 6.30. The Bertz CT molecular complexity index is 281. The Morgan fingerprint density at radius 2 is 1.89 bits per heavy atom. The highest BCUT2D eigenvalue weighted by Crippen LogP contribution is 2.33. The average Bonchev–Trinajstić information content (AvgIpc) is 2.82. The Labute approximate surface area is 115 Å². The van der Waals surface area contributed by atoms with E-state index in [0.717, 1.165) is 25.4 Å². The van der Waals surface area contributed by atoms with Gasteiger partial charge in [0.2, 0.25) is 5.91 Å². The second-order valence-electron chi connectivity index (χ2n) is 5.54. The van der Waals surface area contributed by atoms with E-state index < -0.39 is 0 Å². The highest BCUT2D eigenvalue weighted by Gasteiger charge is 2.39. The largest absolute Gasteiger partial charge is 0.378 e. The van der Waals surface area contributed by atoms with Gasteiger partial charge in [-0.2, -0.15) is 0 Å². The lowest BCUT2D eigenvalue weighted by Crippen LogP contribution is -2.49. The zero-order valence-electron chi connectivity index (χ0n) is 10.8. The van der Waals surface area contributed by atoms with Crippen LogP contribution in [0, 0.1) is 5.92 Å². The number of carbonyl (C=O) groups excluding carboxylic acids is 1. The van der Waals surface area contributed by atoms with Crippen molar-refractivity contribution in [1.29, 1.82) is 0 Å². The van der Waals surface area contributed by atoms with Gasteiger partial charge >= 0.3 is 0 Å². The first-order chi connectivity index (χ1) is 8.34. The van der Waals surface area contributed by atoms with Gasteiger partial charge in [0, 0.05) is 19.1 Å². The minimum atomic E-state index is 0. The number of hydrogen-bond acceptors (Lipinski definition) is 3. The van der Waals surface area contributed by atoms with Crippen LogP contribution in [0.1, 0.15) is 32.1 Å². The van der Waals surface area contributed by atoms with E-state index in [4.69, 9.17) is 4.74 Å². The maximum Gasteiger partial charge on any atom is 0.239 e. The fourth-order valence-electron chi connectivity index (χ4n) is 3.51. The topological polar surface area (TPSA) is 41.6 Å². The molecule has 18 heavy (non-hydrogen) atoms. The van der Waals surface area contributed by atoms with E-state index in [1.54, 1.807) is 0 Å². The van der Waals surface area contributed by atoms with Crippen LogP contribution in [-0.4, -0.2) is 49.2 Å². The average molecular weight is 275 g/mol. The molecule has 0 aromatic heterocycles. The third-order valence-electron chi connectivity index (χ3n) is 4.48. The van der Waals surface area contributed by atoms with Crippen LogP contribution in [-0.2, 0) is 9.53 Å². The van der Waals surface area contributed by atoms with E-state index in [2.05, 4.69) is 5.32 Å². The van der Waals surface area contributed by atoms with Gasteiger partial charge < -0.3 is 15.0 Å². The van der Waals surface area contributed by atoms with Gasteiger partial charge in [-0.05, 0) is 25.2 Å². The Kier molecular flexibility index (Phi) is 4.87. The highest BCUT2D eigenvalue weighted by molar-refractivity contribution is 5.85. The zero-order chi connectivity index (χ0) is 11.7. The molecule has 4 nitrogen and oxygen atoms in total. The number of halogens is 1. The summed E-state index contributed by atoms with van der Waals surface area (Å²) in [6.45, 7) is 2.94. The zero-order valence-corrected chi connectivity index (χ0v) is 11.6. The lowest BCUT2D eigenvalue weighted by molar-refractivity contribution is -0.137. The lowest BCUT2D eigenvalue weighted by atomic mass is 9.85. The van der Waals surface area contributed by atoms with Crippen molar-refractivity contribution in [2.24, 2.45) is 5.92 Å². The number of rotatable bonds is 1. The van der Waals surface area contributed by atoms with Crippen LogP contribution in [0.2, 0.25) is 0 Å². The van der Waals surface area contributed by atoms with Gasteiger partial charge in [-0.3, -0.25) is 4.79 Å². The van der Waals surface area contributed by atoms with E-state index in [9.17, 15) is 4.79 Å². The van der Waals surface area contributed by atoms with Gasteiger partial charge in [-0.25, -0.2) is 0 Å². The van der Waals surface area contributed by atoms with Crippen molar-refractivity contribution >= 4 is 18.3 Å².